The van der Waals surface area contributed by atoms with Crippen molar-refractivity contribution in [2.75, 3.05) is 39.4 Å². The zero-order chi connectivity index (χ0) is 26.8. The smallest absolute Gasteiger partial charge is 0.290 e. The summed E-state index contributed by atoms with van der Waals surface area (Å²) < 4.78 is 18.4. The average Bonchev–Trinajstić information content (AvgIpc) is 3.25. The van der Waals surface area contributed by atoms with Crippen LogP contribution in [0.1, 0.15) is 39.7 Å². The number of benzene rings is 3. The van der Waals surface area contributed by atoms with Gasteiger partial charge >= 0.3 is 0 Å². The summed E-state index contributed by atoms with van der Waals surface area (Å²) in [6.07, 6.45) is 0.777. The van der Waals surface area contributed by atoms with E-state index in [0.717, 1.165) is 54.9 Å². The first kappa shape index (κ1) is 25.8. The van der Waals surface area contributed by atoms with E-state index in [1.54, 1.807) is 17.0 Å². The molecule has 0 aliphatic carbocycles. The summed E-state index contributed by atoms with van der Waals surface area (Å²) in [5.74, 6) is 0.551. The maximum Gasteiger partial charge on any atom is 0.290 e. The fourth-order valence-corrected chi connectivity index (χ4v) is 5.74. The van der Waals surface area contributed by atoms with Gasteiger partial charge in [-0.1, -0.05) is 58.4 Å². The Morgan fingerprint density at radius 2 is 1.74 bits per heavy atom. The van der Waals surface area contributed by atoms with E-state index < -0.39 is 6.04 Å². The van der Waals surface area contributed by atoms with Gasteiger partial charge in [-0.3, -0.25) is 14.5 Å². The Kier molecular flexibility index (Phi) is 7.50. The monoisotopic (exact) mass is 588 g/mol. The Balaban J connectivity index is 1.34. The average molecular weight is 589 g/mol. The second-order valence-electron chi connectivity index (χ2n) is 9.87. The van der Waals surface area contributed by atoms with Crippen molar-refractivity contribution >= 4 is 32.8 Å². The molecule has 3 aromatic carbocycles. The van der Waals surface area contributed by atoms with Crippen LogP contribution in [0.5, 0.6) is 5.75 Å². The highest BCUT2D eigenvalue weighted by Crippen LogP contribution is 2.39. The quantitative estimate of drug-likeness (QED) is 0.274. The molecular weight excluding hydrogens is 560 g/mol. The van der Waals surface area contributed by atoms with Gasteiger partial charge in [0.1, 0.15) is 17.9 Å². The molecule has 1 atom stereocenters. The second-order valence-corrected chi connectivity index (χ2v) is 10.8. The molecule has 2 aliphatic rings. The summed E-state index contributed by atoms with van der Waals surface area (Å²) in [5.41, 5.74) is 2.49. The van der Waals surface area contributed by atoms with Crippen molar-refractivity contribution in [3.63, 3.8) is 0 Å². The van der Waals surface area contributed by atoms with Crippen LogP contribution in [-0.2, 0) is 11.3 Å². The van der Waals surface area contributed by atoms with E-state index in [1.165, 1.54) is 0 Å². The molecule has 1 aromatic heterocycles. The van der Waals surface area contributed by atoms with Gasteiger partial charge in [-0.25, -0.2) is 0 Å². The van der Waals surface area contributed by atoms with Gasteiger partial charge in [0, 0.05) is 30.7 Å². The van der Waals surface area contributed by atoms with Crippen LogP contribution in [0, 0.1) is 0 Å². The van der Waals surface area contributed by atoms with Crippen LogP contribution in [0.2, 0.25) is 0 Å². The summed E-state index contributed by atoms with van der Waals surface area (Å²) in [6, 6.07) is 22.4. The van der Waals surface area contributed by atoms with Crippen molar-refractivity contribution < 1.29 is 18.7 Å². The zero-order valence-corrected chi connectivity index (χ0v) is 23.1. The van der Waals surface area contributed by atoms with Crippen LogP contribution < -0.4 is 10.2 Å². The van der Waals surface area contributed by atoms with Crippen molar-refractivity contribution in [2.45, 2.75) is 19.1 Å². The summed E-state index contributed by atoms with van der Waals surface area (Å²) in [4.78, 5) is 31.7. The SMILES string of the molecule is O=C1c2oc3ccc(Br)cc3c(=O)c2C(c2cccc(OCc3ccccc3)c2)N1CCCN1CCOCC1. The number of morpholine rings is 1. The molecule has 8 heteroatoms. The molecule has 200 valence electrons. The normalized spacial score (nSPS) is 17.5. The lowest BCUT2D eigenvalue weighted by Gasteiger charge is -2.29. The third-order valence-corrected chi connectivity index (χ3v) is 7.82. The van der Waals surface area contributed by atoms with Crippen LogP contribution in [0.4, 0.5) is 0 Å². The lowest BCUT2D eigenvalue weighted by molar-refractivity contribution is 0.0353. The van der Waals surface area contributed by atoms with E-state index in [-0.39, 0.29) is 17.1 Å². The number of hydrogen-bond acceptors (Lipinski definition) is 6. The minimum Gasteiger partial charge on any atom is -0.489 e. The minimum atomic E-state index is -0.558. The number of carbonyl (C=O) groups is 1. The molecule has 0 N–H and O–H groups in total. The van der Waals surface area contributed by atoms with Crippen LogP contribution in [-0.4, -0.2) is 55.1 Å². The van der Waals surface area contributed by atoms with Gasteiger partial charge in [-0.2, -0.15) is 0 Å². The summed E-state index contributed by atoms with van der Waals surface area (Å²) in [5, 5.41) is 0.451. The third-order valence-electron chi connectivity index (χ3n) is 7.33. The van der Waals surface area contributed by atoms with Gasteiger partial charge in [0.2, 0.25) is 5.76 Å². The number of rotatable bonds is 8. The van der Waals surface area contributed by atoms with Gasteiger partial charge in [0.15, 0.2) is 5.43 Å². The van der Waals surface area contributed by atoms with Gasteiger partial charge in [0.25, 0.3) is 5.91 Å². The lowest BCUT2D eigenvalue weighted by atomic mass is 9.98. The van der Waals surface area contributed by atoms with E-state index in [1.807, 2.05) is 60.7 Å². The fourth-order valence-electron chi connectivity index (χ4n) is 5.37. The molecule has 0 radical (unpaired) electrons. The molecule has 0 bridgehead atoms. The topological polar surface area (TPSA) is 72.2 Å². The molecule has 0 spiro atoms. The molecule has 1 saturated heterocycles. The molecule has 0 saturated carbocycles. The first-order valence-electron chi connectivity index (χ1n) is 13.2. The Bertz CT molecular complexity index is 1550. The number of amides is 1. The highest BCUT2D eigenvalue weighted by atomic mass is 79.9. The third kappa shape index (κ3) is 5.37. The van der Waals surface area contributed by atoms with Gasteiger partial charge < -0.3 is 18.8 Å². The van der Waals surface area contributed by atoms with E-state index in [0.29, 0.717) is 35.4 Å². The van der Waals surface area contributed by atoms with E-state index in [2.05, 4.69) is 20.8 Å². The first-order chi connectivity index (χ1) is 19.1. The number of nitrogens with zero attached hydrogens (tertiary/aromatic N) is 2. The Labute approximate surface area is 235 Å². The Hall–Kier alpha value is -3.46. The molecule has 3 heterocycles. The Morgan fingerprint density at radius 1 is 0.923 bits per heavy atom. The molecule has 1 fully saturated rings. The summed E-state index contributed by atoms with van der Waals surface area (Å²) >= 11 is 3.46. The molecule has 2 aliphatic heterocycles. The highest BCUT2D eigenvalue weighted by molar-refractivity contribution is 9.10. The summed E-state index contributed by atoms with van der Waals surface area (Å²) in [7, 11) is 0. The van der Waals surface area contributed by atoms with Crippen molar-refractivity contribution in [2.24, 2.45) is 0 Å². The maximum absolute atomic E-state index is 13.9. The zero-order valence-electron chi connectivity index (χ0n) is 21.5. The van der Waals surface area contributed by atoms with Crippen molar-refractivity contribution in [1.29, 1.82) is 0 Å². The predicted molar refractivity (Wildman–Crippen MR) is 152 cm³/mol. The maximum atomic E-state index is 13.9. The number of ether oxygens (including phenoxy) is 2. The Morgan fingerprint density at radius 3 is 2.56 bits per heavy atom. The minimum absolute atomic E-state index is 0.127. The first-order valence-corrected chi connectivity index (χ1v) is 14.0. The van der Waals surface area contributed by atoms with Crippen molar-refractivity contribution in [1.82, 2.24) is 9.80 Å². The van der Waals surface area contributed by atoms with E-state index in [9.17, 15) is 9.59 Å². The standard InChI is InChI=1S/C31H29BrN2O5/c32-23-10-11-26-25(19-23)29(35)27-28(22-8-4-9-24(18-22)38-20-21-6-2-1-3-7-21)34(31(36)30(27)39-26)13-5-12-33-14-16-37-17-15-33/h1-4,6-11,18-19,28H,5,12-17,20H2. The largest absolute Gasteiger partial charge is 0.489 e. The highest BCUT2D eigenvalue weighted by Gasteiger charge is 2.42. The molecule has 1 unspecified atom stereocenters. The van der Waals surface area contributed by atoms with Crippen LogP contribution >= 0.6 is 15.9 Å². The van der Waals surface area contributed by atoms with Gasteiger partial charge in [0.05, 0.1) is 30.2 Å². The van der Waals surface area contributed by atoms with Crippen LogP contribution in [0.15, 0.2) is 86.5 Å². The lowest BCUT2D eigenvalue weighted by Crippen LogP contribution is -2.38. The molecule has 39 heavy (non-hydrogen) atoms. The van der Waals surface area contributed by atoms with Crippen molar-refractivity contribution in [3.05, 3.63) is 110 Å². The number of halogens is 1. The number of hydrogen-bond donors (Lipinski definition) is 0. The fraction of sp³-hybridized carbons (Fsp3) is 0.290. The van der Waals surface area contributed by atoms with Gasteiger partial charge in [-0.15, -0.1) is 0 Å². The van der Waals surface area contributed by atoms with Crippen LogP contribution in [0.3, 0.4) is 0 Å². The molecule has 4 aromatic rings. The van der Waals surface area contributed by atoms with Gasteiger partial charge in [-0.05, 0) is 47.9 Å². The van der Waals surface area contributed by atoms with Crippen LogP contribution in [0.25, 0.3) is 11.0 Å². The van der Waals surface area contributed by atoms with Crippen molar-refractivity contribution in [3.8, 4) is 5.75 Å². The van der Waals surface area contributed by atoms with E-state index >= 15 is 0 Å². The molecular formula is C31H29BrN2O5. The number of carbonyl (C=O) groups excluding carboxylic acids is 1. The molecule has 7 nitrogen and oxygen atoms in total. The van der Waals surface area contributed by atoms with E-state index in [4.69, 9.17) is 13.9 Å². The summed E-state index contributed by atoms with van der Waals surface area (Å²) in [6.45, 7) is 5.01. The number of fused-ring (bicyclic) bond motifs is 2. The second kappa shape index (κ2) is 11.3. The predicted octanol–water partition coefficient (Wildman–Crippen LogP) is 5.40. The molecule has 6 rings (SSSR count). The molecule has 1 amide bonds.